The normalized spacial score (nSPS) is 15.9. The summed E-state index contributed by atoms with van der Waals surface area (Å²) in [6.07, 6.45) is -0.508. The van der Waals surface area contributed by atoms with Crippen molar-refractivity contribution in [1.82, 2.24) is 9.80 Å². The van der Waals surface area contributed by atoms with Crippen LogP contribution in [0.25, 0.3) is 0 Å². The lowest BCUT2D eigenvalue weighted by Crippen LogP contribution is -2.52. The molecule has 1 heterocycles. The van der Waals surface area contributed by atoms with E-state index in [1.807, 2.05) is 24.0 Å². The Morgan fingerprint density at radius 2 is 1.26 bits per heavy atom. The van der Waals surface area contributed by atoms with Crippen LogP contribution in [0.2, 0.25) is 0 Å². The van der Waals surface area contributed by atoms with Crippen LogP contribution in [0.5, 0.6) is 5.75 Å². The van der Waals surface area contributed by atoms with Gasteiger partial charge in [0.2, 0.25) is 0 Å². The Morgan fingerprint density at radius 3 is 1.74 bits per heavy atom. The summed E-state index contributed by atoms with van der Waals surface area (Å²) in [5, 5.41) is 0. The van der Waals surface area contributed by atoms with E-state index in [1.54, 1.807) is 0 Å². The van der Waals surface area contributed by atoms with Crippen molar-refractivity contribution in [3.05, 3.63) is 102 Å². The van der Waals surface area contributed by atoms with E-state index < -0.39 is 6.10 Å². The van der Waals surface area contributed by atoms with Crippen LogP contribution in [0, 0.1) is 0 Å². The first-order valence-corrected chi connectivity index (χ1v) is 12.2. The maximum absolute atomic E-state index is 13.1. The molecule has 1 saturated heterocycles. The molecule has 0 saturated carbocycles. The number of hydrogen-bond donors (Lipinski definition) is 0. The van der Waals surface area contributed by atoms with Crippen LogP contribution >= 0.6 is 0 Å². The molecular formula is C30H36N2O2. The second-order valence-electron chi connectivity index (χ2n) is 10.1. The van der Waals surface area contributed by atoms with E-state index >= 15 is 0 Å². The van der Waals surface area contributed by atoms with Crippen LogP contribution in [-0.2, 0) is 10.2 Å². The molecule has 3 aromatic carbocycles. The maximum Gasteiger partial charge on any atom is 0.263 e. The second kappa shape index (κ2) is 10.4. The number of carbonyl (C=O) groups excluding carboxylic acids is 1. The van der Waals surface area contributed by atoms with Gasteiger partial charge in [-0.15, -0.1) is 0 Å². The van der Waals surface area contributed by atoms with Gasteiger partial charge in [-0.2, -0.15) is 0 Å². The minimum Gasteiger partial charge on any atom is -0.481 e. The van der Waals surface area contributed by atoms with E-state index in [0.29, 0.717) is 13.1 Å². The van der Waals surface area contributed by atoms with Crippen LogP contribution in [0.15, 0.2) is 84.9 Å². The number of rotatable bonds is 6. The van der Waals surface area contributed by atoms with Gasteiger partial charge in [0, 0.05) is 26.2 Å². The third-order valence-electron chi connectivity index (χ3n) is 6.60. The van der Waals surface area contributed by atoms with Gasteiger partial charge < -0.3 is 9.64 Å². The van der Waals surface area contributed by atoms with E-state index in [2.05, 4.69) is 98.5 Å². The summed E-state index contributed by atoms with van der Waals surface area (Å²) in [6, 6.07) is 29.5. The molecule has 1 unspecified atom stereocenters. The average molecular weight is 457 g/mol. The SMILES string of the molecule is CC(Oc1ccc(C(C)(C)C)cc1)C(=O)N1CCN(C(c2ccccc2)c2ccccc2)CC1. The molecule has 34 heavy (non-hydrogen) atoms. The van der Waals surface area contributed by atoms with Crippen molar-refractivity contribution < 1.29 is 9.53 Å². The van der Waals surface area contributed by atoms with E-state index in [4.69, 9.17) is 4.74 Å². The van der Waals surface area contributed by atoms with E-state index in [0.717, 1.165) is 18.8 Å². The van der Waals surface area contributed by atoms with Crippen LogP contribution < -0.4 is 4.74 Å². The minimum atomic E-state index is -0.508. The van der Waals surface area contributed by atoms with Crippen molar-refractivity contribution in [3.8, 4) is 5.75 Å². The van der Waals surface area contributed by atoms with Gasteiger partial charge >= 0.3 is 0 Å². The molecule has 4 heteroatoms. The predicted octanol–water partition coefficient (Wildman–Crippen LogP) is 5.69. The molecule has 1 aliphatic rings. The smallest absolute Gasteiger partial charge is 0.263 e. The second-order valence-corrected chi connectivity index (χ2v) is 10.1. The van der Waals surface area contributed by atoms with Gasteiger partial charge in [0.05, 0.1) is 6.04 Å². The van der Waals surface area contributed by atoms with Gasteiger partial charge in [0.1, 0.15) is 5.75 Å². The van der Waals surface area contributed by atoms with Crippen LogP contribution in [-0.4, -0.2) is 48.0 Å². The Kier molecular flexibility index (Phi) is 7.38. The molecule has 0 radical (unpaired) electrons. The number of benzene rings is 3. The van der Waals surface area contributed by atoms with Gasteiger partial charge in [-0.25, -0.2) is 0 Å². The molecule has 3 aromatic rings. The minimum absolute atomic E-state index is 0.0514. The summed E-state index contributed by atoms with van der Waals surface area (Å²) in [6.45, 7) is 11.5. The monoisotopic (exact) mass is 456 g/mol. The molecule has 4 nitrogen and oxygen atoms in total. The average Bonchev–Trinajstić information content (AvgIpc) is 2.85. The van der Waals surface area contributed by atoms with Crippen molar-refractivity contribution in [2.75, 3.05) is 26.2 Å². The zero-order valence-electron chi connectivity index (χ0n) is 20.8. The fourth-order valence-corrected chi connectivity index (χ4v) is 4.63. The number of amides is 1. The zero-order chi connectivity index (χ0) is 24.1. The van der Waals surface area contributed by atoms with Crippen molar-refractivity contribution in [3.63, 3.8) is 0 Å². The molecule has 1 amide bonds. The van der Waals surface area contributed by atoms with Crippen molar-refractivity contribution in [1.29, 1.82) is 0 Å². The largest absolute Gasteiger partial charge is 0.481 e. The van der Waals surface area contributed by atoms with Crippen LogP contribution in [0.1, 0.15) is 50.4 Å². The highest BCUT2D eigenvalue weighted by molar-refractivity contribution is 5.81. The Balaban J connectivity index is 1.39. The topological polar surface area (TPSA) is 32.8 Å². The Bertz CT molecular complexity index is 1010. The number of piperazine rings is 1. The van der Waals surface area contributed by atoms with E-state index in [1.165, 1.54) is 16.7 Å². The first-order valence-electron chi connectivity index (χ1n) is 12.2. The fraction of sp³-hybridized carbons (Fsp3) is 0.367. The first-order chi connectivity index (χ1) is 16.3. The summed E-state index contributed by atoms with van der Waals surface area (Å²) < 4.78 is 6.01. The quantitative estimate of drug-likeness (QED) is 0.478. The number of hydrogen-bond acceptors (Lipinski definition) is 3. The lowest BCUT2D eigenvalue weighted by Gasteiger charge is -2.40. The lowest BCUT2D eigenvalue weighted by molar-refractivity contribution is -0.140. The molecule has 4 rings (SSSR count). The van der Waals surface area contributed by atoms with Gasteiger partial charge in [0.15, 0.2) is 6.10 Å². The highest BCUT2D eigenvalue weighted by Gasteiger charge is 2.30. The number of ether oxygens (including phenoxy) is 1. The summed E-state index contributed by atoms with van der Waals surface area (Å²) in [4.78, 5) is 17.5. The summed E-state index contributed by atoms with van der Waals surface area (Å²) in [5.41, 5.74) is 3.91. The molecule has 0 bridgehead atoms. The Hall–Kier alpha value is -3.11. The molecule has 0 N–H and O–H groups in total. The zero-order valence-corrected chi connectivity index (χ0v) is 20.8. The summed E-state index contributed by atoms with van der Waals surface area (Å²) in [7, 11) is 0. The number of nitrogens with zero attached hydrogens (tertiary/aromatic N) is 2. The molecular weight excluding hydrogens is 420 g/mol. The van der Waals surface area contributed by atoms with Gasteiger partial charge in [0.25, 0.3) is 5.91 Å². The van der Waals surface area contributed by atoms with Gasteiger partial charge in [-0.05, 0) is 41.2 Å². The lowest BCUT2D eigenvalue weighted by atomic mass is 9.87. The molecule has 0 aliphatic carbocycles. The van der Waals surface area contributed by atoms with Gasteiger partial charge in [-0.1, -0.05) is 93.6 Å². The molecule has 0 spiro atoms. The van der Waals surface area contributed by atoms with Crippen molar-refractivity contribution >= 4 is 5.91 Å². The third-order valence-corrected chi connectivity index (χ3v) is 6.60. The Morgan fingerprint density at radius 1 is 0.765 bits per heavy atom. The van der Waals surface area contributed by atoms with Crippen LogP contribution in [0.4, 0.5) is 0 Å². The predicted molar refractivity (Wildman–Crippen MR) is 138 cm³/mol. The van der Waals surface area contributed by atoms with Gasteiger partial charge in [-0.3, -0.25) is 9.69 Å². The summed E-state index contributed by atoms with van der Waals surface area (Å²) in [5.74, 6) is 0.788. The highest BCUT2D eigenvalue weighted by atomic mass is 16.5. The van der Waals surface area contributed by atoms with E-state index in [-0.39, 0.29) is 17.4 Å². The molecule has 178 valence electrons. The molecule has 1 fully saturated rings. The first kappa shape index (κ1) is 24.0. The molecule has 0 aromatic heterocycles. The highest BCUT2D eigenvalue weighted by Crippen LogP contribution is 2.30. The van der Waals surface area contributed by atoms with Crippen molar-refractivity contribution in [2.45, 2.75) is 45.3 Å². The standard InChI is InChI=1S/C30H36N2O2/c1-23(34-27-17-15-26(16-18-27)30(2,3)4)29(33)32-21-19-31(20-22-32)28(24-11-7-5-8-12-24)25-13-9-6-10-14-25/h5-18,23,28H,19-22H2,1-4H3. The van der Waals surface area contributed by atoms with Crippen LogP contribution in [0.3, 0.4) is 0 Å². The van der Waals surface area contributed by atoms with Crippen molar-refractivity contribution in [2.24, 2.45) is 0 Å². The number of carbonyl (C=O) groups is 1. The van der Waals surface area contributed by atoms with E-state index in [9.17, 15) is 4.79 Å². The fourth-order valence-electron chi connectivity index (χ4n) is 4.63. The third kappa shape index (κ3) is 5.68. The maximum atomic E-state index is 13.1. The molecule has 1 atom stereocenters. The molecule has 1 aliphatic heterocycles. The summed E-state index contributed by atoms with van der Waals surface area (Å²) >= 11 is 0. The Labute approximate surface area is 204 Å².